The minimum atomic E-state index is 0.844. The third-order valence-electron chi connectivity index (χ3n) is 2.98. The number of aromatic nitrogens is 2. The van der Waals surface area contributed by atoms with Crippen molar-refractivity contribution in [2.75, 3.05) is 31.1 Å². The number of hydrogen-bond acceptors (Lipinski definition) is 4. The molecule has 0 unspecified atom stereocenters. The third kappa shape index (κ3) is 2.06. The zero-order chi connectivity index (χ0) is 11.7. The highest BCUT2D eigenvalue weighted by Gasteiger charge is 2.14. The van der Waals surface area contributed by atoms with Crippen LogP contribution in [-0.2, 0) is 0 Å². The first-order chi connectivity index (χ1) is 8.33. The van der Waals surface area contributed by atoms with Crippen LogP contribution in [0.25, 0.3) is 11.5 Å². The van der Waals surface area contributed by atoms with Gasteiger partial charge in [-0.25, -0.2) is 4.98 Å². The van der Waals surface area contributed by atoms with Gasteiger partial charge in [0, 0.05) is 26.2 Å². The summed E-state index contributed by atoms with van der Waals surface area (Å²) in [6, 6.07) is 3.92. The van der Waals surface area contributed by atoms with Gasteiger partial charge in [-0.3, -0.25) is 0 Å². The molecule has 3 rings (SSSR count). The molecule has 0 aromatic carbocycles. The number of H-pyrrole nitrogens is 1. The summed E-state index contributed by atoms with van der Waals surface area (Å²) in [6.45, 7) is 5.94. The minimum absolute atomic E-state index is 0.844. The number of nitrogens with one attached hydrogen (secondary N) is 2. The smallest absolute Gasteiger partial charge is 0.203 e. The number of piperazine rings is 1. The van der Waals surface area contributed by atoms with Gasteiger partial charge in [0.2, 0.25) is 5.95 Å². The maximum absolute atomic E-state index is 5.57. The van der Waals surface area contributed by atoms with Crippen LogP contribution in [0.4, 0.5) is 5.95 Å². The second-order valence-corrected chi connectivity index (χ2v) is 4.27. The average molecular weight is 232 g/mol. The predicted octanol–water partition coefficient (Wildman–Crippen LogP) is 1.39. The monoisotopic (exact) mass is 232 g/mol. The third-order valence-corrected chi connectivity index (χ3v) is 2.98. The van der Waals surface area contributed by atoms with Crippen LogP contribution in [0.15, 0.2) is 22.7 Å². The fourth-order valence-corrected chi connectivity index (χ4v) is 2.05. The number of nitrogens with zero attached hydrogens (tertiary/aromatic N) is 2. The van der Waals surface area contributed by atoms with Crippen LogP contribution in [0.1, 0.15) is 5.76 Å². The summed E-state index contributed by atoms with van der Waals surface area (Å²) in [4.78, 5) is 9.96. The van der Waals surface area contributed by atoms with Gasteiger partial charge >= 0.3 is 0 Å². The van der Waals surface area contributed by atoms with Crippen LogP contribution < -0.4 is 10.2 Å². The number of anilines is 1. The second-order valence-electron chi connectivity index (χ2n) is 4.27. The highest BCUT2D eigenvalue weighted by atomic mass is 16.3. The number of furan rings is 1. The van der Waals surface area contributed by atoms with E-state index in [1.165, 1.54) is 0 Å². The van der Waals surface area contributed by atoms with Crippen molar-refractivity contribution in [3.8, 4) is 11.5 Å². The molecule has 90 valence electrons. The molecule has 0 amide bonds. The SMILES string of the molecule is Cc1ccc(-c2cnc(N3CCNCC3)[nH]2)o1. The van der Waals surface area contributed by atoms with Crippen molar-refractivity contribution in [3.05, 3.63) is 24.1 Å². The fourth-order valence-electron chi connectivity index (χ4n) is 2.05. The van der Waals surface area contributed by atoms with Crippen LogP contribution in [0.3, 0.4) is 0 Å². The molecule has 0 spiro atoms. The molecule has 2 aromatic heterocycles. The fraction of sp³-hybridized carbons (Fsp3) is 0.417. The Labute approximate surface area is 99.8 Å². The largest absolute Gasteiger partial charge is 0.460 e. The van der Waals surface area contributed by atoms with Gasteiger partial charge in [0.15, 0.2) is 5.76 Å². The number of imidazole rings is 1. The lowest BCUT2D eigenvalue weighted by Crippen LogP contribution is -2.44. The highest BCUT2D eigenvalue weighted by Crippen LogP contribution is 2.22. The van der Waals surface area contributed by atoms with E-state index in [0.29, 0.717) is 0 Å². The van der Waals surface area contributed by atoms with Crippen LogP contribution in [0, 0.1) is 6.92 Å². The molecule has 3 heterocycles. The molecule has 2 N–H and O–H groups in total. The predicted molar refractivity (Wildman–Crippen MR) is 66.1 cm³/mol. The lowest BCUT2D eigenvalue weighted by molar-refractivity contribution is 0.546. The Bertz CT molecular complexity index is 496. The number of hydrogen-bond donors (Lipinski definition) is 2. The molecule has 5 nitrogen and oxygen atoms in total. The molecule has 1 fully saturated rings. The van der Waals surface area contributed by atoms with Crippen LogP contribution in [0.5, 0.6) is 0 Å². The van der Waals surface area contributed by atoms with Gasteiger partial charge in [0.25, 0.3) is 0 Å². The Balaban J connectivity index is 1.82. The first kappa shape index (κ1) is 10.4. The van der Waals surface area contributed by atoms with Gasteiger partial charge in [-0.2, -0.15) is 0 Å². The van der Waals surface area contributed by atoms with Gasteiger partial charge in [-0.05, 0) is 19.1 Å². The molecule has 0 atom stereocenters. The molecule has 5 heteroatoms. The lowest BCUT2D eigenvalue weighted by Gasteiger charge is -2.26. The van der Waals surface area contributed by atoms with Crippen molar-refractivity contribution < 1.29 is 4.42 Å². The van der Waals surface area contributed by atoms with Crippen molar-refractivity contribution >= 4 is 5.95 Å². The summed E-state index contributed by atoms with van der Waals surface area (Å²) < 4.78 is 5.57. The van der Waals surface area contributed by atoms with Crippen molar-refractivity contribution in [1.82, 2.24) is 15.3 Å². The van der Waals surface area contributed by atoms with Crippen molar-refractivity contribution in [3.63, 3.8) is 0 Å². The molecule has 1 aliphatic rings. The molecule has 1 saturated heterocycles. The van der Waals surface area contributed by atoms with Crippen LogP contribution >= 0.6 is 0 Å². The number of aryl methyl sites for hydroxylation is 1. The van der Waals surface area contributed by atoms with Crippen LogP contribution in [-0.4, -0.2) is 36.1 Å². The minimum Gasteiger partial charge on any atom is -0.460 e. The van der Waals surface area contributed by atoms with E-state index in [9.17, 15) is 0 Å². The molecular formula is C12H16N4O. The van der Waals surface area contributed by atoms with E-state index in [-0.39, 0.29) is 0 Å². The van der Waals surface area contributed by atoms with E-state index in [1.54, 1.807) is 0 Å². The summed E-state index contributed by atoms with van der Waals surface area (Å²) in [5.74, 6) is 2.69. The second kappa shape index (κ2) is 4.25. The summed E-state index contributed by atoms with van der Waals surface area (Å²) in [6.07, 6.45) is 1.83. The van der Waals surface area contributed by atoms with Gasteiger partial charge in [-0.15, -0.1) is 0 Å². The first-order valence-electron chi connectivity index (χ1n) is 5.90. The summed E-state index contributed by atoms with van der Waals surface area (Å²) in [5.41, 5.74) is 0.937. The van der Waals surface area contributed by atoms with E-state index in [2.05, 4.69) is 20.2 Å². The lowest BCUT2D eigenvalue weighted by atomic mass is 10.3. The molecule has 0 saturated carbocycles. The van der Waals surface area contributed by atoms with Gasteiger partial charge < -0.3 is 19.6 Å². The highest BCUT2D eigenvalue weighted by molar-refractivity contribution is 5.54. The zero-order valence-corrected chi connectivity index (χ0v) is 9.86. The van der Waals surface area contributed by atoms with Gasteiger partial charge in [0.05, 0.1) is 6.20 Å². The van der Waals surface area contributed by atoms with Crippen molar-refractivity contribution in [1.29, 1.82) is 0 Å². The summed E-state index contributed by atoms with van der Waals surface area (Å²) in [7, 11) is 0. The maximum Gasteiger partial charge on any atom is 0.203 e. The van der Waals surface area contributed by atoms with Gasteiger partial charge in [0.1, 0.15) is 11.5 Å². The molecule has 0 bridgehead atoms. The molecule has 17 heavy (non-hydrogen) atoms. The van der Waals surface area contributed by atoms with E-state index < -0.39 is 0 Å². The Morgan fingerprint density at radius 2 is 2.12 bits per heavy atom. The standard InChI is InChI=1S/C12H16N4O/c1-9-2-3-11(17-9)10-8-14-12(15-10)16-6-4-13-5-7-16/h2-3,8,13H,4-7H2,1H3,(H,14,15). The average Bonchev–Trinajstić information content (AvgIpc) is 2.98. The van der Waals surface area contributed by atoms with E-state index >= 15 is 0 Å². The molecular weight excluding hydrogens is 216 g/mol. The maximum atomic E-state index is 5.57. The molecule has 2 aromatic rings. The molecule has 1 aliphatic heterocycles. The topological polar surface area (TPSA) is 57.1 Å². The number of rotatable bonds is 2. The number of aromatic amines is 1. The normalized spacial score (nSPS) is 16.4. The Morgan fingerprint density at radius 3 is 2.82 bits per heavy atom. The van der Waals surface area contributed by atoms with E-state index in [0.717, 1.165) is 49.3 Å². The van der Waals surface area contributed by atoms with E-state index in [4.69, 9.17) is 4.42 Å². The van der Waals surface area contributed by atoms with Crippen LogP contribution in [0.2, 0.25) is 0 Å². The Kier molecular flexibility index (Phi) is 2.60. The molecule has 0 aliphatic carbocycles. The van der Waals surface area contributed by atoms with E-state index in [1.807, 2.05) is 25.3 Å². The Morgan fingerprint density at radius 1 is 1.29 bits per heavy atom. The van der Waals surface area contributed by atoms with Crippen molar-refractivity contribution in [2.24, 2.45) is 0 Å². The quantitative estimate of drug-likeness (QED) is 0.821. The summed E-state index contributed by atoms with van der Waals surface area (Å²) >= 11 is 0. The van der Waals surface area contributed by atoms with Crippen molar-refractivity contribution in [2.45, 2.75) is 6.92 Å². The Hall–Kier alpha value is -1.75. The zero-order valence-electron chi connectivity index (χ0n) is 9.86. The van der Waals surface area contributed by atoms with Gasteiger partial charge in [-0.1, -0.05) is 0 Å². The molecule has 0 radical (unpaired) electrons. The first-order valence-corrected chi connectivity index (χ1v) is 5.90. The summed E-state index contributed by atoms with van der Waals surface area (Å²) in [5, 5.41) is 3.32.